The molecule has 0 saturated carbocycles. The first-order valence-electron chi connectivity index (χ1n) is 9.26. The highest BCUT2D eigenvalue weighted by atomic mass is 16.4. The molecule has 1 fully saturated rings. The molecule has 1 heterocycles. The van der Waals surface area contributed by atoms with Gasteiger partial charge in [0.2, 0.25) is 17.7 Å². The van der Waals surface area contributed by atoms with Gasteiger partial charge < -0.3 is 26.8 Å². The second-order valence-electron chi connectivity index (χ2n) is 6.80. The minimum atomic E-state index is -1.19. The fourth-order valence-electron chi connectivity index (χ4n) is 3.06. The van der Waals surface area contributed by atoms with Crippen LogP contribution in [0.15, 0.2) is 30.3 Å². The molecule has 1 aromatic rings. The topological polar surface area (TPSA) is 151 Å². The summed E-state index contributed by atoms with van der Waals surface area (Å²) in [5.74, 6) is -2.80. The third-order valence-corrected chi connectivity index (χ3v) is 4.59. The summed E-state index contributed by atoms with van der Waals surface area (Å²) in [6.07, 6.45) is 1.50. The number of nitrogens with one attached hydrogen (secondary N) is 3. The number of carbonyl (C=O) groups excluding carboxylic acids is 3. The predicted octanol–water partition coefficient (Wildman–Crippen LogP) is -0.699. The standard InChI is InChI=1S/C19H26N4O5/c20-16(24)9-8-14(22-17(25)13-7-4-10-21-13)18(26)23-15(19(27)28)11-12-5-2-1-3-6-12/h1-3,5-6,13-15,21H,4,7-11H2,(H2,20,24)(H,22,25)(H,23,26)(H,27,28). The zero-order chi connectivity index (χ0) is 20.5. The number of rotatable bonds is 10. The smallest absolute Gasteiger partial charge is 0.326 e. The van der Waals surface area contributed by atoms with Crippen LogP contribution in [0.1, 0.15) is 31.2 Å². The number of hydrogen-bond acceptors (Lipinski definition) is 5. The maximum atomic E-state index is 12.6. The number of carboxylic acids is 1. The van der Waals surface area contributed by atoms with Crippen LogP contribution >= 0.6 is 0 Å². The van der Waals surface area contributed by atoms with Crippen molar-refractivity contribution in [3.05, 3.63) is 35.9 Å². The Hall–Kier alpha value is -2.94. The summed E-state index contributed by atoms with van der Waals surface area (Å²) >= 11 is 0. The van der Waals surface area contributed by atoms with Gasteiger partial charge in [0.25, 0.3) is 0 Å². The Balaban J connectivity index is 2.04. The van der Waals surface area contributed by atoms with E-state index in [4.69, 9.17) is 5.73 Å². The number of aliphatic carboxylic acids is 1. The van der Waals surface area contributed by atoms with Gasteiger partial charge in [0, 0.05) is 12.8 Å². The molecule has 1 aliphatic rings. The third-order valence-electron chi connectivity index (χ3n) is 4.59. The molecule has 9 nitrogen and oxygen atoms in total. The summed E-state index contributed by atoms with van der Waals surface area (Å²) < 4.78 is 0. The van der Waals surface area contributed by atoms with Crippen molar-refractivity contribution in [2.24, 2.45) is 5.73 Å². The van der Waals surface area contributed by atoms with Crippen molar-refractivity contribution in [2.45, 2.75) is 50.2 Å². The summed E-state index contributed by atoms with van der Waals surface area (Å²) in [6.45, 7) is 0.717. The highest BCUT2D eigenvalue weighted by Crippen LogP contribution is 2.08. The van der Waals surface area contributed by atoms with Gasteiger partial charge in [-0.25, -0.2) is 4.79 Å². The number of benzene rings is 1. The molecule has 0 bridgehead atoms. The van der Waals surface area contributed by atoms with Gasteiger partial charge in [-0.1, -0.05) is 30.3 Å². The summed E-state index contributed by atoms with van der Waals surface area (Å²) in [5, 5.41) is 17.5. The van der Waals surface area contributed by atoms with Crippen molar-refractivity contribution in [2.75, 3.05) is 6.54 Å². The molecule has 3 amide bonds. The van der Waals surface area contributed by atoms with Gasteiger partial charge in [-0.05, 0) is 31.4 Å². The van der Waals surface area contributed by atoms with Crippen molar-refractivity contribution in [3.8, 4) is 0 Å². The van der Waals surface area contributed by atoms with E-state index in [1.54, 1.807) is 24.3 Å². The summed E-state index contributed by atoms with van der Waals surface area (Å²) in [6, 6.07) is 6.29. The van der Waals surface area contributed by atoms with Crippen LogP contribution in [0.3, 0.4) is 0 Å². The number of amides is 3. The normalized spacial score (nSPS) is 18.1. The lowest BCUT2D eigenvalue weighted by molar-refractivity contribution is -0.142. The van der Waals surface area contributed by atoms with Gasteiger partial charge >= 0.3 is 5.97 Å². The van der Waals surface area contributed by atoms with Crippen LogP contribution in [-0.2, 0) is 25.6 Å². The minimum Gasteiger partial charge on any atom is -0.480 e. The largest absolute Gasteiger partial charge is 0.480 e. The van der Waals surface area contributed by atoms with E-state index in [-0.39, 0.29) is 25.2 Å². The van der Waals surface area contributed by atoms with Crippen LogP contribution in [0, 0.1) is 0 Å². The number of hydrogen-bond donors (Lipinski definition) is 5. The van der Waals surface area contributed by atoms with E-state index < -0.39 is 35.9 Å². The van der Waals surface area contributed by atoms with E-state index in [1.165, 1.54) is 0 Å². The second kappa shape index (κ2) is 10.4. The van der Waals surface area contributed by atoms with Crippen LogP contribution < -0.4 is 21.7 Å². The van der Waals surface area contributed by atoms with Gasteiger partial charge in [-0.2, -0.15) is 0 Å². The minimum absolute atomic E-state index is 0.00268. The molecule has 3 atom stereocenters. The Morgan fingerprint density at radius 1 is 1.14 bits per heavy atom. The van der Waals surface area contributed by atoms with E-state index in [0.717, 1.165) is 12.0 Å². The average molecular weight is 390 g/mol. The van der Waals surface area contributed by atoms with E-state index in [1.807, 2.05) is 6.07 Å². The molecule has 1 aliphatic heterocycles. The lowest BCUT2D eigenvalue weighted by Gasteiger charge is -2.22. The lowest BCUT2D eigenvalue weighted by atomic mass is 10.0. The van der Waals surface area contributed by atoms with E-state index in [2.05, 4.69) is 16.0 Å². The average Bonchev–Trinajstić information content (AvgIpc) is 3.19. The first-order valence-corrected chi connectivity index (χ1v) is 9.26. The molecule has 9 heteroatoms. The second-order valence-corrected chi connectivity index (χ2v) is 6.80. The fraction of sp³-hybridized carbons (Fsp3) is 0.474. The van der Waals surface area contributed by atoms with Crippen molar-refractivity contribution >= 4 is 23.7 Å². The van der Waals surface area contributed by atoms with E-state index in [9.17, 15) is 24.3 Å². The van der Waals surface area contributed by atoms with Crippen LogP contribution in [0.5, 0.6) is 0 Å². The van der Waals surface area contributed by atoms with E-state index >= 15 is 0 Å². The van der Waals surface area contributed by atoms with Crippen LogP contribution in [0.4, 0.5) is 0 Å². The lowest BCUT2D eigenvalue weighted by Crippen LogP contribution is -2.54. The first kappa shape index (κ1) is 21.4. The SMILES string of the molecule is NC(=O)CCC(NC(=O)C1CCCN1)C(=O)NC(Cc1ccccc1)C(=O)O. The number of primary amides is 1. The highest BCUT2D eigenvalue weighted by molar-refractivity contribution is 5.92. The molecule has 1 saturated heterocycles. The number of carbonyl (C=O) groups is 4. The Kier molecular flexibility index (Phi) is 7.94. The van der Waals surface area contributed by atoms with Crippen LogP contribution in [0.2, 0.25) is 0 Å². The Morgan fingerprint density at radius 2 is 1.86 bits per heavy atom. The van der Waals surface area contributed by atoms with Crippen LogP contribution in [-0.4, -0.2) is 53.5 Å². The van der Waals surface area contributed by atoms with Crippen molar-refractivity contribution < 1.29 is 24.3 Å². The van der Waals surface area contributed by atoms with Gasteiger partial charge in [0.15, 0.2) is 0 Å². The molecule has 0 aromatic heterocycles. The maximum Gasteiger partial charge on any atom is 0.326 e. The molecule has 2 rings (SSSR count). The zero-order valence-electron chi connectivity index (χ0n) is 15.5. The number of carboxylic acid groups (broad SMARTS) is 1. The van der Waals surface area contributed by atoms with Gasteiger partial charge in [-0.3, -0.25) is 14.4 Å². The molecule has 152 valence electrons. The van der Waals surface area contributed by atoms with Crippen molar-refractivity contribution in [1.29, 1.82) is 0 Å². The molecule has 0 spiro atoms. The molecule has 0 aliphatic carbocycles. The van der Waals surface area contributed by atoms with Gasteiger partial charge in [0.05, 0.1) is 6.04 Å². The Labute approximate surface area is 163 Å². The Bertz CT molecular complexity index is 704. The summed E-state index contributed by atoms with van der Waals surface area (Å²) in [7, 11) is 0. The molecule has 0 radical (unpaired) electrons. The van der Waals surface area contributed by atoms with Crippen molar-refractivity contribution in [1.82, 2.24) is 16.0 Å². The highest BCUT2D eigenvalue weighted by Gasteiger charge is 2.30. The monoisotopic (exact) mass is 390 g/mol. The third kappa shape index (κ3) is 6.66. The predicted molar refractivity (Wildman–Crippen MR) is 101 cm³/mol. The molecule has 1 aromatic carbocycles. The maximum absolute atomic E-state index is 12.6. The van der Waals surface area contributed by atoms with Crippen molar-refractivity contribution in [3.63, 3.8) is 0 Å². The zero-order valence-corrected chi connectivity index (χ0v) is 15.5. The molecular weight excluding hydrogens is 364 g/mol. The molecule has 6 N–H and O–H groups in total. The first-order chi connectivity index (χ1) is 13.4. The fourth-order valence-corrected chi connectivity index (χ4v) is 3.06. The summed E-state index contributed by atoms with van der Waals surface area (Å²) in [4.78, 5) is 47.7. The van der Waals surface area contributed by atoms with E-state index in [0.29, 0.717) is 13.0 Å². The van der Waals surface area contributed by atoms with Gasteiger partial charge in [0.1, 0.15) is 12.1 Å². The van der Waals surface area contributed by atoms with Gasteiger partial charge in [-0.15, -0.1) is 0 Å². The molecule has 28 heavy (non-hydrogen) atoms. The molecular formula is C19H26N4O5. The Morgan fingerprint density at radius 3 is 2.43 bits per heavy atom. The summed E-state index contributed by atoms with van der Waals surface area (Å²) in [5.41, 5.74) is 5.91. The molecule has 3 unspecified atom stereocenters. The van der Waals surface area contributed by atoms with Crippen LogP contribution in [0.25, 0.3) is 0 Å². The quantitative estimate of drug-likeness (QED) is 0.356. The number of nitrogens with two attached hydrogens (primary N) is 1.